The van der Waals surface area contributed by atoms with E-state index in [2.05, 4.69) is 11.8 Å². The van der Waals surface area contributed by atoms with Crippen molar-refractivity contribution in [3.8, 4) is 5.75 Å². The van der Waals surface area contributed by atoms with Gasteiger partial charge in [-0.3, -0.25) is 9.69 Å². The summed E-state index contributed by atoms with van der Waals surface area (Å²) in [6, 6.07) is 1.54. The van der Waals surface area contributed by atoms with Crippen LogP contribution in [0.5, 0.6) is 5.75 Å². The third kappa shape index (κ3) is 2.73. The van der Waals surface area contributed by atoms with Gasteiger partial charge in [-0.15, -0.1) is 0 Å². The Hall–Kier alpha value is -1.33. The highest BCUT2D eigenvalue weighted by Gasteiger charge is 2.21. The summed E-state index contributed by atoms with van der Waals surface area (Å²) < 4.78 is 5.35. The monoisotopic (exact) mass is 253 g/mol. The lowest BCUT2D eigenvalue weighted by molar-refractivity contribution is 0.134. The summed E-state index contributed by atoms with van der Waals surface area (Å²) in [5.74, 6) is 0.0998. The van der Waals surface area contributed by atoms with Gasteiger partial charge in [0, 0.05) is 12.1 Å². The number of hydrogen-bond acceptors (Lipinski definition) is 5. The molecule has 1 aromatic rings. The number of likely N-dealkylation sites (tertiary alicyclic amines) is 1. The van der Waals surface area contributed by atoms with E-state index in [0.717, 1.165) is 25.5 Å². The van der Waals surface area contributed by atoms with Crippen LogP contribution < -0.4 is 5.43 Å². The molecule has 1 saturated heterocycles. The molecule has 2 heterocycles. The van der Waals surface area contributed by atoms with E-state index in [1.54, 1.807) is 0 Å². The topological polar surface area (TPSA) is 73.9 Å². The molecule has 1 aliphatic heterocycles. The molecule has 1 aliphatic rings. The molecule has 5 heteroatoms. The summed E-state index contributed by atoms with van der Waals surface area (Å²) in [6.45, 7) is 3.14. The third-order valence-corrected chi connectivity index (χ3v) is 3.49. The first-order valence-electron chi connectivity index (χ1n) is 6.31. The summed E-state index contributed by atoms with van der Waals surface area (Å²) in [5, 5.41) is 18.7. The highest BCUT2D eigenvalue weighted by Crippen LogP contribution is 2.22. The molecular weight excluding hydrogens is 234 g/mol. The number of aliphatic hydroxyl groups excluding tert-OH is 1. The first kappa shape index (κ1) is 13.1. The van der Waals surface area contributed by atoms with Gasteiger partial charge in [0.05, 0.1) is 6.54 Å². The molecule has 1 fully saturated rings. The van der Waals surface area contributed by atoms with Gasteiger partial charge >= 0.3 is 0 Å². The van der Waals surface area contributed by atoms with Crippen LogP contribution in [0.2, 0.25) is 0 Å². The van der Waals surface area contributed by atoms with Crippen LogP contribution in [0.25, 0.3) is 0 Å². The Labute approximate surface area is 106 Å². The van der Waals surface area contributed by atoms with Gasteiger partial charge in [-0.2, -0.15) is 0 Å². The fourth-order valence-electron chi connectivity index (χ4n) is 2.35. The molecule has 5 nitrogen and oxygen atoms in total. The molecule has 18 heavy (non-hydrogen) atoms. The van der Waals surface area contributed by atoms with Crippen LogP contribution in [0.4, 0.5) is 0 Å². The average Bonchev–Trinajstić information content (AvgIpc) is 2.37. The summed E-state index contributed by atoms with van der Waals surface area (Å²) in [6.07, 6.45) is 3.45. The fraction of sp³-hybridized carbons (Fsp3) is 0.615. The van der Waals surface area contributed by atoms with Gasteiger partial charge in [0.2, 0.25) is 11.2 Å². The first-order chi connectivity index (χ1) is 8.61. The Bertz CT molecular complexity index is 469. The van der Waals surface area contributed by atoms with Crippen LogP contribution in [-0.4, -0.2) is 27.7 Å². The zero-order valence-corrected chi connectivity index (χ0v) is 10.6. The summed E-state index contributed by atoms with van der Waals surface area (Å²) >= 11 is 0. The van der Waals surface area contributed by atoms with Crippen LogP contribution in [0.1, 0.15) is 37.7 Å². The van der Waals surface area contributed by atoms with E-state index in [1.165, 1.54) is 6.42 Å². The molecule has 0 aromatic carbocycles. The Balaban J connectivity index is 2.22. The average molecular weight is 253 g/mol. The van der Waals surface area contributed by atoms with E-state index in [9.17, 15) is 9.90 Å². The number of aromatic hydroxyl groups is 1. The maximum absolute atomic E-state index is 11.5. The first-order valence-corrected chi connectivity index (χ1v) is 6.31. The summed E-state index contributed by atoms with van der Waals surface area (Å²) in [4.78, 5) is 13.7. The molecule has 1 atom stereocenters. The van der Waals surface area contributed by atoms with E-state index < -0.39 is 5.43 Å². The van der Waals surface area contributed by atoms with Gasteiger partial charge in [-0.25, -0.2) is 0 Å². The Morgan fingerprint density at radius 2 is 2.28 bits per heavy atom. The van der Waals surface area contributed by atoms with Gasteiger partial charge in [0.15, 0.2) is 5.76 Å². The van der Waals surface area contributed by atoms with Crippen LogP contribution >= 0.6 is 0 Å². The van der Waals surface area contributed by atoms with Crippen molar-refractivity contribution in [2.24, 2.45) is 0 Å². The minimum Gasteiger partial charge on any atom is -0.502 e. The van der Waals surface area contributed by atoms with Crippen molar-refractivity contribution in [3.63, 3.8) is 0 Å². The lowest BCUT2D eigenvalue weighted by Gasteiger charge is -2.32. The Kier molecular flexibility index (Phi) is 4.04. The quantitative estimate of drug-likeness (QED) is 0.847. The van der Waals surface area contributed by atoms with Crippen molar-refractivity contribution in [3.05, 3.63) is 27.8 Å². The van der Waals surface area contributed by atoms with Gasteiger partial charge in [-0.05, 0) is 26.3 Å². The lowest BCUT2D eigenvalue weighted by Crippen LogP contribution is -2.37. The molecule has 2 N–H and O–H groups in total. The van der Waals surface area contributed by atoms with E-state index in [-0.39, 0.29) is 23.9 Å². The standard InChI is InChI=1S/C13H19NO4/c1-9-4-2-3-5-14(9)7-12-13(17)11(16)6-10(8-15)18-12/h6,9,15,17H,2-5,7-8H2,1H3/t9-/m0/s1. The molecule has 0 aliphatic carbocycles. The van der Waals surface area contributed by atoms with Crippen LogP contribution in [0.15, 0.2) is 15.3 Å². The molecule has 0 bridgehead atoms. The van der Waals surface area contributed by atoms with Crippen molar-refractivity contribution in [2.75, 3.05) is 6.54 Å². The molecule has 0 spiro atoms. The number of rotatable bonds is 3. The molecular formula is C13H19NO4. The van der Waals surface area contributed by atoms with Crippen LogP contribution in [0.3, 0.4) is 0 Å². The Morgan fingerprint density at radius 1 is 1.50 bits per heavy atom. The highest BCUT2D eigenvalue weighted by atomic mass is 16.4. The van der Waals surface area contributed by atoms with Crippen molar-refractivity contribution >= 4 is 0 Å². The van der Waals surface area contributed by atoms with Crippen molar-refractivity contribution in [1.82, 2.24) is 4.90 Å². The van der Waals surface area contributed by atoms with Gasteiger partial charge in [-0.1, -0.05) is 6.42 Å². The number of aliphatic hydroxyl groups is 1. The van der Waals surface area contributed by atoms with Gasteiger partial charge in [0.1, 0.15) is 12.4 Å². The lowest BCUT2D eigenvalue weighted by atomic mass is 10.0. The maximum Gasteiger partial charge on any atom is 0.227 e. The smallest absolute Gasteiger partial charge is 0.227 e. The van der Waals surface area contributed by atoms with Crippen LogP contribution in [-0.2, 0) is 13.2 Å². The largest absolute Gasteiger partial charge is 0.502 e. The highest BCUT2D eigenvalue weighted by molar-refractivity contribution is 5.24. The number of hydrogen-bond donors (Lipinski definition) is 2. The van der Waals surface area contributed by atoms with Crippen molar-refractivity contribution in [1.29, 1.82) is 0 Å². The van der Waals surface area contributed by atoms with Crippen LogP contribution in [0, 0.1) is 0 Å². The Morgan fingerprint density at radius 3 is 2.94 bits per heavy atom. The normalized spacial score (nSPS) is 21.1. The molecule has 0 radical (unpaired) electrons. The van der Waals surface area contributed by atoms with Gasteiger partial charge < -0.3 is 14.6 Å². The fourth-order valence-corrected chi connectivity index (χ4v) is 2.35. The second kappa shape index (κ2) is 5.54. The van der Waals surface area contributed by atoms with E-state index in [4.69, 9.17) is 9.52 Å². The molecule has 2 rings (SSSR count). The summed E-state index contributed by atoms with van der Waals surface area (Å²) in [7, 11) is 0. The predicted octanol–water partition coefficient (Wildman–Crippen LogP) is 1.21. The minimum absolute atomic E-state index is 0.192. The van der Waals surface area contributed by atoms with E-state index >= 15 is 0 Å². The zero-order chi connectivity index (χ0) is 13.1. The summed E-state index contributed by atoms with van der Waals surface area (Å²) in [5.41, 5.74) is -0.495. The number of piperidine rings is 1. The predicted molar refractivity (Wildman–Crippen MR) is 66.3 cm³/mol. The second-order valence-corrected chi connectivity index (χ2v) is 4.82. The maximum atomic E-state index is 11.5. The zero-order valence-electron chi connectivity index (χ0n) is 10.6. The molecule has 0 saturated carbocycles. The van der Waals surface area contributed by atoms with Crippen molar-refractivity contribution < 1.29 is 14.6 Å². The van der Waals surface area contributed by atoms with E-state index in [0.29, 0.717) is 12.6 Å². The minimum atomic E-state index is -0.495. The molecule has 0 amide bonds. The van der Waals surface area contributed by atoms with E-state index in [1.807, 2.05) is 0 Å². The van der Waals surface area contributed by atoms with Crippen molar-refractivity contribution in [2.45, 2.75) is 45.4 Å². The second-order valence-electron chi connectivity index (χ2n) is 4.82. The molecule has 0 unspecified atom stereocenters. The van der Waals surface area contributed by atoms with Gasteiger partial charge in [0.25, 0.3) is 0 Å². The molecule has 100 valence electrons. The third-order valence-electron chi connectivity index (χ3n) is 3.49. The molecule has 1 aromatic heterocycles. The number of nitrogens with zero attached hydrogens (tertiary/aromatic N) is 1. The SMILES string of the molecule is C[C@H]1CCCCN1Cc1oc(CO)cc(=O)c1O.